The maximum absolute atomic E-state index is 13.8. The molecule has 0 radical (unpaired) electrons. The number of non-ortho nitro benzene ring substituents is 1. The SMILES string of the molecule is CC1(C)CC(=O)C2=C(C1)Nc1ccccc1N(C(=O)C(F)(F)F)[C@@H]2c1ccc([N+](=O)[O-])cc1. The van der Waals surface area contributed by atoms with Gasteiger partial charge in [0, 0.05) is 29.8 Å². The Kier molecular flexibility index (Phi) is 5.26. The number of benzene rings is 2. The number of hydrogen-bond acceptors (Lipinski definition) is 5. The lowest BCUT2D eigenvalue weighted by atomic mass is 9.73. The highest BCUT2D eigenvalue weighted by Crippen LogP contribution is 2.49. The number of amides is 1. The lowest BCUT2D eigenvalue weighted by Gasteiger charge is -2.37. The van der Waals surface area contributed by atoms with Gasteiger partial charge in [0.2, 0.25) is 0 Å². The van der Waals surface area contributed by atoms with E-state index in [4.69, 9.17) is 0 Å². The number of nitrogens with one attached hydrogen (secondary N) is 1. The molecule has 0 saturated carbocycles. The van der Waals surface area contributed by atoms with Crippen LogP contribution < -0.4 is 10.2 Å². The van der Waals surface area contributed by atoms with E-state index >= 15 is 0 Å². The van der Waals surface area contributed by atoms with E-state index in [1.165, 1.54) is 24.3 Å². The van der Waals surface area contributed by atoms with Gasteiger partial charge in [0.1, 0.15) is 0 Å². The third-order valence-electron chi connectivity index (χ3n) is 5.78. The summed E-state index contributed by atoms with van der Waals surface area (Å²) >= 11 is 0. The maximum Gasteiger partial charge on any atom is 0.471 e. The van der Waals surface area contributed by atoms with E-state index in [-0.39, 0.29) is 40.4 Å². The first kappa shape index (κ1) is 22.5. The number of alkyl halides is 3. The monoisotopic (exact) mass is 459 g/mol. The molecule has 172 valence electrons. The highest BCUT2D eigenvalue weighted by molar-refractivity contribution is 6.07. The van der Waals surface area contributed by atoms with Crippen molar-refractivity contribution in [2.24, 2.45) is 5.41 Å². The number of nitro groups is 1. The van der Waals surface area contributed by atoms with Gasteiger partial charge in [0.25, 0.3) is 5.69 Å². The summed E-state index contributed by atoms with van der Waals surface area (Å²) in [6.07, 6.45) is -4.75. The van der Waals surface area contributed by atoms with Gasteiger partial charge < -0.3 is 5.32 Å². The highest BCUT2D eigenvalue weighted by Gasteiger charge is 2.50. The average molecular weight is 459 g/mol. The smallest absolute Gasteiger partial charge is 0.357 e. The van der Waals surface area contributed by atoms with Crippen LogP contribution in [0.2, 0.25) is 0 Å². The topological polar surface area (TPSA) is 92.6 Å². The van der Waals surface area contributed by atoms with Crippen molar-refractivity contribution in [1.29, 1.82) is 0 Å². The molecule has 7 nitrogen and oxygen atoms in total. The second-order valence-corrected chi connectivity index (χ2v) is 8.90. The summed E-state index contributed by atoms with van der Waals surface area (Å²) in [6, 6.07) is 9.48. The van der Waals surface area contributed by atoms with Crippen LogP contribution in [0.1, 0.15) is 38.3 Å². The van der Waals surface area contributed by atoms with Crippen LogP contribution >= 0.6 is 0 Å². The van der Waals surface area contributed by atoms with Crippen molar-refractivity contribution in [3.63, 3.8) is 0 Å². The fraction of sp³-hybridized carbons (Fsp3) is 0.304. The minimum atomic E-state index is -5.21. The predicted molar refractivity (Wildman–Crippen MR) is 114 cm³/mol. The van der Waals surface area contributed by atoms with Crippen molar-refractivity contribution < 1.29 is 27.7 Å². The lowest BCUT2D eigenvalue weighted by Crippen LogP contribution is -2.45. The van der Waals surface area contributed by atoms with Crippen molar-refractivity contribution in [2.45, 2.75) is 38.9 Å². The number of hydrogen-bond donors (Lipinski definition) is 1. The Morgan fingerprint density at radius 1 is 1.12 bits per heavy atom. The van der Waals surface area contributed by atoms with Crippen molar-refractivity contribution in [2.75, 3.05) is 10.2 Å². The van der Waals surface area contributed by atoms with Crippen LogP contribution in [0.15, 0.2) is 59.8 Å². The summed E-state index contributed by atoms with van der Waals surface area (Å²) in [4.78, 5) is 37.1. The number of rotatable bonds is 2. The molecule has 10 heteroatoms. The Labute approximate surface area is 187 Å². The normalized spacial score (nSPS) is 19.8. The molecule has 0 saturated heterocycles. The molecular weight excluding hydrogens is 439 g/mol. The molecule has 1 aliphatic heterocycles. The summed E-state index contributed by atoms with van der Waals surface area (Å²) in [5, 5.41) is 14.2. The summed E-state index contributed by atoms with van der Waals surface area (Å²) in [7, 11) is 0. The van der Waals surface area contributed by atoms with Gasteiger partial charge in [0.15, 0.2) is 5.78 Å². The minimum Gasteiger partial charge on any atom is -0.357 e. The fourth-order valence-corrected chi connectivity index (χ4v) is 4.44. The number of ketones is 1. The molecule has 0 aromatic heterocycles. The average Bonchev–Trinajstić information content (AvgIpc) is 2.85. The first-order valence-corrected chi connectivity index (χ1v) is 10.2. The molecule has 0 unspecified atom stereocenters. The van der Waals surface area contributed by atoms with Crippen molar-refractivity contribution in [3.8, 4) is 0 Å². The third-order valence-corrected chi connectivity index (χ3v) is 5.78. The van der Waals surface area contributed by atoms with Gasteiger partial charge in [0.05, 0.1) is 22.3 Å². The first-order chi connectivity index (χ1) is 15.4. The quantitative estimate of drug-likeness (QED) is 0.486. The van der Waals surface area contributed by atoms with Crippen LogP contribution in [0.25, 0.3) is 0 Å². The van der Waals surface area contributed by atoms with Crippen molar-refractivity contribution >= 4 is 28.8 Å². The number of nitrogens with zero attached hydrogens (tertiary/aromatic N) is 2. The summed E-state index contributed by atoms with van der Waals surface area (Å²) in [5.74, 6) is -2.52. The number of para-hydroxylation sites is 2. The first-order valence-electron chi connectivity index (χ1n) is 10.2. The Hall–Kier alpha value is -3.69. The van der Waals surface area contributed by atoms with E-state index < -0.39 is 28.5 Å². The number of Topliss-reactive ketones (excluding diaryl/α,β-unsaturated/α-hetero) is 1. The van der Waals surface area contributed by atoms with E-state index in [2.05, 4.69) is 5.32 Å². The zero-order chi connectivity index (χ0) is 24.1. The Bertz CT molecular complexity index is 1190. The van der Waals surface area contributed by atoms with Gasteiger partial charge in [-0.3, -0.25) is 24.6 Å². The van der Waals surface area contributed by atoms with Crippen molar-refractivity contribution in [1.82, 2.24) is 0 Å². The largest absolute Gasteiger partial charge is 0.471 e. The van der Waals surface area contributed by atoms with Gasteiger partial charge in [-0.05, 0) is 41.7 Å². The number of nitro benzene ring substituents is 1. The number of anilines is 2. The van der Waals surface area contributed by atoms with E-state index in [0.717, 1.165) is 12.1 Å². The second-order valence-electron chi connectivity index (χ2n) is 8.90. The molecule has 2 aromatic rings. The number of halogens is 3. The van der Waals surface area contributed by atoms with E-state index in [9.17, 15) is 32.9 Å². The van der Waals surface area contributed by atoms with Crippen LogP contribution in [0, 0.1) is 15.5 Å². The Morgan fingerprint density at radius 3 is 2.36 bits per heavy atom. The fourth-order valence-electron chi connectivity index (χ4n) is 4.44. The number of carbonyl (C=O) groups excluding carboxylic acids is 2. The number of allylic oxidation sites excluding steroid dienone is 1. The van der Waals surface area contributed by atoms with E-state index in [1.807, 2.05) is 13.8 Å². The summed E-state index contributed by atoms with van der Waals surface area (Å²) < 4.78 is 41.3. The van der Waals surface area contributed by atoms with Gasteiger partial charge in [-0.2, -0.15) is 13.2 Å². The maximum atomic E-state index is 13.8. The second kappa shape index (κ2) is 7.72. The van der Waals surface area contributed by atoms with Crippen LogP contribution in [0.4, 0.5) is 30.2 Å². The Morgan fingerprint density at radius 2 is 1.76 bits per heavy atom. The molecule has 1 aliphatic carbocycles. The molecule has 0 fully saturated rings. The molecule has 0 bridgehead atoms. The summed E-state index contributed by atoms with van der Waals surface area (Å²) in [5.41, 5.74) is 0.172. The molecule has 1 N–H and O–H groups in total. The molecule has 0 spiro atoms. The standard InChI is InChI=1S/C23H20F3N3O4/c1-22(2)11-16-19(18(30)12-22)20(13-7-9-14(10-8-13)29(32)33)28(21(31)23(24,25)26)17-6-4-3-5-15(17)27-16/h3-10,20,27H,11-12H2,1-2H3/t20-/m1/s1. The van der Waals surface area contributed by atoms with Crippen molar-refractivity contribution in [3.05, 3.63) is 75.5 Å². The number of fused-ring (bicyclic) bond motifs is 1. The van der Waals surface area contributed by atoms with Crippen LogP contribution in [-0.2, 0) is 9.59 Å². The molecule has 1 heterocycles. The van der Waals surface area contributed by atoms with Gasteiger partial charge in [-0.25, -0.2) is 0 Å². The van der Waals surface area contributed by atoms with Gasteiger partial charge in [-0.1, -0.05) is 26.0 Å². The highest BCUT2D eigenvalue weighted by atomic mass is 19.4. The van der Waals surface area contributed by atoms with Crippen LogP contribution in [-0.4, -0.2) is 22.8 Å². The molecule has 4 rings (SSSR count). The molecule has 1 atom stereocenters. The van der Waals surface area contributed by atoms with E-state index in [0.29, 0.717) is 17.0 Å². The minimum absolute atomic E-state index is 0.0387. The zero-order valence-electron chi connectivity index (χ0n) is 17.8. The van der Waals surface area contributed by atoms with Gasteiger partial charge in [-0.15, -0.1) is 0 Å². The number of carbonyl (C=O) groups is 2. The summed E-state index contributed by atoms with van der Waals surface area (Å²) in [6.45, 7) is 3.76. The van der Waals surface area contributed by atoms with E-state index in [1.54, 1.807) is 12.1 Å². The van der Waals surface area contributed by atoms with Crippen LogP contribution in [0.3, 0.4) is 0 Å². The predicted octanol–water partition coefficient (Wildman–Crippen LogP) is 5.30. The zero-order valence-corrected chi connectivity index (χ0v) is 17.8. The molecule has 2 aliphatic rings. The van der Waals surface area contributed by atoms with Gasteiger partial charge >= 0.3 is 12.1 Å². The van der Waals surface area contributed by atoms with Crippen LogP contribution in [0.5, 0.6) is 0 Å². The molecular formula is C23H20F3N3O4. The molecule has 33 heavy (non-hydrogen) atoms. The molecule has 1 amide bonds. The lowest BCUT2D eigenvalue weighted by molar-refractivity contribution is -0.384. The third kappa shape index (κ3) is 4.08. The Balaban J connectivity index is 2.01. The molecule has 2 aromatic carbocycles.